The first-order valence-electron chi connectivity index (χ1n) is 20.0. The molecule has 4 atom stereocenters. The molecule has 0 aromatic carbocycles. The van der Waals surface area contributed by atoms with Crippen molar-refractivity contribution in [3.8, 4) is 12.1 Å². The Bertz CT molecular complexity index is 2090. The molecule has 0 N–H and O–H groups in total. The zero-order valence-electron chi connectivity index (χ0n) is 38.1. The topological polar surface area (TPSA) is 125 Å². The first-order chi connectivity index (χ1) is 34.0. The molecule has 0 fully saturated rings. The summed E-state index contributed by atoms with van der Waals surface area (Å²) in [5.74, 6) is -143. The number of azo groups is 1. The highest BCUT2D eigenvalue weighted by atomic mass is 19.4. The number of alkyl halides is 34. The van der Waals surface area contributed by atoms with Gasteiger partial charge in [0.1, 0.15) is 0 Å². The van der Waals surface area contributed by atoms with Gasteiger partial charge in [-0.1, -0.05) is 13.8 Å². The van der Waals surface area contributed by atoms with Gasteiger partial charge in [-0.15, -0.1) is 0 Å². The van der Waals surface area contributed by atoms with E-state index >= 15 is 0 Å². The number of hydrogen-bond acceptors (Lipinski definition) is 8. The maximum absolute atomic E-state index is 14.3. The Morgan fingerprint density at radius 2 is 0.577 bits per heavy atom. The summed E-state index contributed by atoms with van der Waals surface area (Å²) in [6.07, 6.45) is -18.4. The van der Waals surface area contributed by atoms with E-state index in [1.165, 1.54) is 0 Å². The molecule has 0 saturated carbocycles. The van der Waals surface area contributed by atoms with Gasteiger partial charge >= 0.3 is 107 Å². The van der Waals surface area contributed by atoms with Crippen LogP contribution in [0.15, 0.2) is 10.2 Å². The van der Waals surface area contributed by atoms with E-state index in [9.17, 15) is 169 Å². The van der Waals surface area contributed by atoms with Gasteiger partial charge in [-0.2, -0.15) is 161 Å². The maximum Gasteiger partial charge on any atom is 0.410 e. The van der Waals surface area contributed by atoms with Gasteiger partial charge in [0.2, 0.25) is 0 Å². The normalized spacial score (nSPS) is 17.6. The predicted octanol–water partition coefficient (Wildman–Crippen LogP) is 14.3. The fourth-order valence-electron chi connectivity index (χ4n) is 5.37. The SMILES string of the molecule is CCC(F)C(F)(F)C(F)(F)C(F)(F)C(F)(F)C(F)(F)C(F)(F)C(F)(F)C(F)(F)C(=O)OCCCC(C)(C#N)N=NC(C)(C#N)CCCOC(=O)C(F)(F)C(F)(F)C(F)(F)C(F)(F)C(F)(F)C(F)(F)C(F)(F)C(F)(F)C(F)CC. The third-order valence-corrected chi connectivity index (χ3v) is 10.6. The van der Waals surface area contributed by atoms with E-state index < -0.39 is 182 Å². The van der Waals surface area contributed by atoms with Crippen molar-refractivity contribution in [2.45, 2.75) is 184 Å². The minimum Gasteiger partial charge on any atom is -0.461 e. The molecule has 0 aliphatic rings. The molecule has 0 aliphatic heterocycles. The summed E-state index contributed by atoms with van der Waals surface area (Å²) in [6, 6.07) is 2.31. The number of hydrogen-bond donors (Lipinski definition) is 0. The molecule has 0 heterocycles. The van der Waals surface area contributed by atoms with Crippen LogP contribution < -0.4 is 0 Å². The summed E-state index contributed by atoms with van der Waals surface area (Å²) in [5.41, 5.74) is -5.20. The molecule has 0 saturated heterocycles. The Kier molecular flexibility index (Phi) is 20.5. The molecular formula is C36H30F34N4O4. The average Bonchev–Trinajstić information content (AvgIpc) is 3.31. The third kappa shape index (κ3) is 11.0. The van der Waals surface area contributed by atoms with Crippen LogP contribution in [0.2, 0.25) is 0 Å². The molecule has 0 aromatic heterocycles. The Morgan fingerprint density at radius 1 is 0.385 bits per heavy atom. The van der Waals surface area contributed by atoms with Gasteiger partial charge in [-0.3, -0.25) is 0 Å². The van der Waals surface area contributed by atoms with Crippen molar-refractivity contribution in [3.05, 3.63) is 0 Å². The lowest BCUT2D eigenvalue weighted by molar-refractivity contribution is -0.453. The molecule has 4 unspecified atom stereocenters. The molecule has 456 valence electrons. The maximum atomic E-state index is 14.3. The van der Waals surface area contributed by atoms with Gasteiger partial charge in [0.15, 0.2) is 23.4 Å². The van der Waals surface area contributed by atoms with E-state index in [-0.39, 0.29) is 13.8 Å². The highest BCUT2D eigenvalue weighted by Gasteiger charge is 2.98. The van der Waals surface area contributed by atoms with E-state index in [0.717, 1.165) is 12.1 Å². The van der Waals surface area contributed by atoms with Crippen LogP contribution in [0, 0.1) is 22.7 Å². The number of nitriles is 2. The van der Waals surface area contributed by atoms with Crippen LogP contribution in [0.3, 0.4) is 0 Å². The molecule has 0 radical (unpaired) electrons. The second kappa shape index (κ2) is 21.9. The van der Waals surface area contributed by atoms with Crippen molar-refractivity contribution in [2.24, 2.45) is 10.2 Å². The number of ether oxygens (including phenoxy) is 2. The fraction of sp³-hybridized carbons (Fsp3) is 0.889. The summed E-state index contributed by atoms with van der Waals surface area (Å²) < 4.78 is 483. The van der Waals surface area contributed by atoms with E-state index in [1.807, 2.05) is 0 Å². The minimum absolute atomic E-state index is 0.114. The standard InChI is InChI=1S/C36H30F34N4O4/c1-5-15(37)21(39,40)25(47,48)29(55,56)33(63,64)35(67,68)31(59,60)27(51,52)23(43,44)17(75)77-11-7-9-19(3,13-71)73-74-20(4,14-72)10-8-12-78-18(76)24(45,46)28(53,54)32(61,62)36(69,70)34(65,66)30(57,58)26(49,50)22(41,42)16(38)6-2/h15-16H,5-12H2,1-4H3. The van der Waals surface area contributed by atoms with Crippen molar-refractivity contribution in [2.75, 3.05) is 13.2 Å². The average molecular weight is 1230 g/mol. The molecule has 0 bridgehead atoms. The van der Waals surface area contributed by atoms with E-state index in [1.54, 1.807) is 0 Å². The minimum atomic E-state index is -9.02. The van der Waals surface area contributed by atoms with Gasteiger partial charge in [0.25, 0.3) is 0 Å². The zero-order valence-corrected chi connectivity index (χ0v) is 38.1. The molecule has 8 nitrogen and oxygen atoms in total. The van der Waals surface area contributed by atoms with Gasteiger partial charge in [-0.25, -0.2) is 18.4 Å². The largest absolute Gasteiger partial charge is 0.461 e. The quantitative estimate of drug-likeness (QED) is 0.0305. The van der Waals surface area contributed by atoms with Crippen LogP contribution >= 0.6 is 0 Å². The smallest absolute Gasteiger partial charge is 0.410 e. The lowest BCUT2D eigenvalue weighted by atomic mass is 9.86. The number of carbonyl (C=O) groups excluding carboxylic acids is 2. The first-order valence-corrected chi connectivity index (χ1v) is 20.0. The van der Waals surface area contributed by atoms with E-state index in [0.29, 0.717) is 13.8 Å². The Morgan fingerprint density at radius 3 is 0.769 bits per heavy atom. The van der Waals surface area contributed by atoms with Crippen LogP contribution in [0.4, 0.5) is 149 Å². The van der Waals surface area contributed by atoms with Crippen LogP contribution in [0.5, 0.6) is 0 Å². The highest BCUT2D eigenvalue weighted by molar-refractivity contribution is 5.79. The predicted molar refractivity (Wildman–Crippen MR) is 183 cm³/mol. The number of carbonyl (C=O) groups is 2. The highest BCUT2D eigenvalue weighted by Crippen LogP contribution is 2.66. The third-order valence-electron chi connectivity index (χ3n) is 10.6. The summed E-state index contributed by atoms with van der Waals surface area (Å²) in [5, 5.41) is 25.1. The lowest BCUT2D eigenvalue weighted by Crippen LogP contribution is -2.75. The molecular weight excluding hydrogens is 1200 g/mol. The summed E-state index contributed by atoms with van der Waals surface area (Å²) >= 11 is 0. The number of halogens is 34. The first kappa shape index (κ1) is 73.1. The molecule has 0 aromatic rings. The van der Waals surface area contributed by atoms with Crippen LogP contribution in [-0.2, 0) is 19.1 Å². The number of esters is 2. The number of nitrogens with zero attached hydrogens (tertiary/aromatic N) is 4. The second-order valence-corrected chi connectivity index (χ2v) is 16.5. The molecule has 0 aliphatic carbocycles. The fourth-order valence-corrected chi connectivity index (χ4v) is 5.37. The second-order valence-electron chi connectivity index (χ2n) is 16.5. The monoisotopic (exact) mass is 1230 g/mol. The van der Waals surface area contributed by atoms with Gasteiger partial charge < -0.3 is 9.47 Å². The Labute approximate surface area is 411 Å². The van der Waals surface area contributed by atoms with Gasteiger partial charge in [0, 0.05) is 0 Å². The molecule has 0 spiro atoms. The van der Waals surface area contributed by atoms with Gasteiger partial charge in [-0.05, 0) is 52.4 Å². The molecule has 0 rings (SSSR count). The van der Waals surface area contributed by atoms with Crippen LogP contribution in [0.1, 0.15) is 66.2 Å². The van der Waals surface area contributed by atoms with Gasteiger partial charge in [0.05, 0.1) is 25.4 Å². The van der Waals surface area contributed by atoms with Crippen LogP contribution in [-0.4, -0.2) is 143 Å². The van der Waals surface area contributed by atoms with E-state index in [4.69, 9.17) is 0 Å². The van der Waals surface area contributed by atoms with Crippen LogP contribution in [0.25, 0.3) is 0 Å². The summed E-state index contributed by atoms with van der Waals surface area (Å²) in [6.45, 7) is -2.56. The van der Waals surface area contributed by atoms with Crippen molar-refractivity contribution < 1.29 is 168 Å². The lowest BCUT2D eigenvalue weighted by Gasteiger charge is -2.43. The van der Waals surface area contributed by atoms with Crippen molar-refractivity contribution in [1.82, 2.24) is 0 Å². The van der Waals surface area contributed by atoms with Crippen molar-refractivity contribution >= 4 is 11.9 Å². The van der Waals surface area contributed by atoms with Crippen molar-refractivity contribution in [3.63, 3.8) is 0 Å². The molecule has 42 heteroatoms. The Balaban J connectivity index is 6.26. The summed E-state index contributed by atoms with van der Waals surface area (Å²) in [7, 11) is 0. The zero-order chi connectivity index (χ0) is 63.2. The Hall–Kier alpha value is -4.86. The van der Waals surface area contributed by atoms with E-state index in [2.05, 4.69) is 19.7 Å². The van der Waals surface area contributed by atoms with Crippen molar-refractivity contribution in [1.29, 1.82) is 10.5 Å². The summed E-state index contributed by atoms with van der Waals surface area (Å²) in [4.78, 5) is 23.4. The molecule has 0 amide bonds. The molecule has 78 heavy (non-hydrogen) atoms. The number of rotatable bonds is 30.